The van der Waals surface area contributed by atoms with Crippen molar-refractivity contribution >= 4 is 11.8 Å². The Kier molecular flexibility index (Phi) is 6.03. The molecule has 0 amide bonds. The summed E-state index contributed by atoms with van der Waals surface area (Å²) in [5, 5.41) is 3.03. The summed E-state index contributed by atoms with van der Waals surface area (Å²) >= 11 is 0. The van der Waals surface area contributed by atoms with Crippen LogP contribution in [0.2, 0.25) is 0 Å². The van der Waals surface area contributed by atoms with E-state index in [0.29, 0.717) is 19.0 Å². The van der Waals surface area contributed by atoms with Gasteiger partial charge in [0.05, 0.1) is 32.2 Å². The second-order valence-electron chi connectivity index (χ2n) is 3.47. The second kappa shape index (κ2) is 7.57. The van der Waals surface area contributed by atoms with E-state index < -0.39 is 5.97 Å². The SMILES string of the molecule is COCC(CNc1cnc(C(=O)OC)cn1)OC. The number of hydrogen-bond acceptors (Lipinski definition) is 7. The molecule has 0 aromatic carbocycles. The molecule has 0 radical (unpaired) electrons. The molecule has 0 spiro atoms. The molecular formula is C11H17N3O4. The molecule has 0 bridgehead atoms. The third kappa shape index (κ3) is 4.27. The molecule has 1 unspecified atom stereocenters. The number of ether oxygens (including phenoxy) is 3. The number of carbonyl (C=O) groups excluding carboxylic acids is 1. The summed E-state index contributed by atoms with van der Waals surface area (Å²) in [6, 6.07) is 0. The maximum absolute atomic E-state index is 11.1. The van der Waals surface area contributed by atoms with Crippen LogP contribution < -0.4 is 5.32 Å². The first-order chi connectivity index (χ1) is 8.71. The van der Waals surface area contributed by atoms with Gasteiger partial charge in [-0.1, -0.05) is 0 Å². The summed E-state index contributed by atoms with van der Waals surface area (Å²) in [6.45, 7) is 1.02. The highest BCUT2D eigenvalue weighted by Gasteiger charge is 2.09. The third-order valence-electron chi connectivity index (χ3n) is 2.24. The average Bonchev–Trinajstić information content (AvgIpc) is 2.43. The van der Waals surface area contributed by atoms with Crippen LogP contribution >= 0.6 is 0 Å². The zero-order chi connectivity index (χ0) is 13.4. The van der Waals surface area contributed by atoms with Gasteiger partial charge in [-0.15, -0.1) is 0 Å². The number of methoxy groups -OCH3 is 3. The van der Waals surface area contributed by atoms with E-state index in [0.717, 1.165) is 0 Å². The number of nitrogens with zero attached hydrogens (tertiary/aromatic N) is 2. The molecular weight excluding hydrogens is 238 g/mol. The minimum atomic E-state index is -0.511. The lowest BCUT2D eigenvalue weighted by molar-refractivity contribution is 0.0365. The largest absolute Gasteiger partial charge is 0.464 e. The van der Waals surface area contributed by atoms with Gasteiger partial charge in [0.15, 0.2) is 5.69 Å². The van der Waals surface area contributed by atoms with Gasteiger partial charge in [-0.3, -0.25) is 0 Å². The quantitative estimate of drug-likeness (QED) is 0.703. The predicted molar refractivity (Wildman–Crippen MR) is 64.5 cm³/mol. The minimum Gasteiger partial charge on any atom is -0.464 e. The number of rotatable bonds is 7. The van der Waals surface area contributed by atoms with Crippen LogP contribution in [0.4, 0.5) is 5.82 Å². The van der Waals surface area contributed by atoms with E-state index in [1.807, 2.05) is 0 Å². The molecule has 0 aliphatic carbocycles. The molecule has 1 N–H and O–H groups in total. The smallest absolute Gasteiger partial charge is 0.358 e. The van der Waals surface area contributed by atoms with Gasteiger partial charge >= 0.3 is 5.97 Å². The van der Waals surface area contributed by atoms with Gasteiger partial charge in [0.25, 0.3) is 0 Å². The highest BCUT2D eigenvalue weighted by atomic mass is 16.5. The van der Waals surface area contributed by atoms with Crippen molar-refractivity contribution in [2.45, 2.75) is 6.10 Å². The lowest BCUT2D eigenvalue weighted by atomic mass is 10.3. The molecule has 0 aliphatic rings. The Balaban J connectivity index is 2.50. The number of esters is 1. The average molecular weight is 255 g/mol. The summed E-state index contributed by atoms with van der Waals surface area (Å²) in [6.07, 6.45) is 2.75. The van der Waals surface area contributed by atoms with Crippen molar-refractivity contribution in [3.8, 4) is 0 Å². The highest BCUT2D eigenvalue weighted by Crippen LogP contribution is 2.03. The number of carbonyl (C=O) groups is 1. The Morgan fingerprint density at radius 1 is 1.33 bits per heavy atom. The first kappa shape index (κ1) is 14.3. The summed E-state index contributed by atoms with van der Waals surface area (Å²) in [4.78, 5) is 19.1. The van der Waals surface area contributed by atoms with E-state index in [2.05, 4.69) is 20.0 Å². The molecule has 1 rings (SSSR count). The van der Waals surface area contributed by atoms with Crippen molar-refractivity contribution in [2.75, 3.05) is 39.8 Å². The monoisotopic (exact) mass is 255 g/mol. The van der Waals surface area contributed by atoms with Gasteiger partial charge in [0.2, 0.25) is 0 Å². The van der Waals surface area contributed by atoms with Crippen LogP contribution in [0.15, 0.2) is 12.4 Å². The second-order valence-corrected chi connectivity index (χ2v) is 3.47. The van der Waals surface area contributed by atoms with Crippen LogP contribution in [0.3, 0.4) is 0 Å². The van der Waals surface area contributed by atoms with Crippen molar-refractivity contribution in [1.82, 2.24) is 9.97 Å². The topological polar surface area (TPSA) is 82.6 Å². The van der Waals surface area contributed by atoms with Crippen LogP contribution in [0.25, 0.3) is 0 Å². The van der Waals surface area contributed by atoms with Crippen LogP contribution in [0.1, 0.15) is 10.5 Å². The van der Waals surface area contributed by atoms with E-state index in [-0.39, 0.29) is 11.8 Å². The molecule has 0 saturated carbocycles. The zero-order valence-electron chi connectivity index (χ0n) is 10.7. The van der Waals surface area contributed by atoms with Gasteiger partial charge in [-0.05, 0) is 0 Å². The van der Waals surface area contributed by atoms with E-state index >= 15 is 0 Å². The molecule has 7 nitrogen and oxygen atoms in total. The fourth-order valence-electron chi connectivity index (χ4n) is 1.24. The summed E-state index contributed by atoms with van der Waals surface area (Å²) in [7, 11) is 4.51. The lowest BCUT2D eigenvalue weighted by Gasteiger charge is -2.15. The molecule has 1 atom stereocenters. The lowest BCUT2D eigenvalue weighted by Crippen LogP contribution is -2.27. The molecule has 100 valence electrons. The van der Waals surface area contributed by atoms with Gasteiger partial charge in [-0.25, -0.2) is 14.8 Å². The van der Waals surface area contributed by atoms with Crippen LogP contribution in [0, 0.1) is 0 Å². The fraction of sp³-hybridized carbons (Fsp3) is 0.545. The van der Waals surface area contributed by atoms with Crippen molar-refractivity contribution in [3.05, 3.63) is 18.1 Å². The summed E-state index contributed by atoms with van der Waals surface area (Å²) in [5.41, 5.74) is 0.170. The normalized spacial score (nSPS) is 11.9. The maximum Gasteiger partial charge on any atom is 0.358 e. The molecule has 1 heterocycles. The standard InChI is InChI=1S/C11H17N3O4/c1-16-7-8(17-2)4-13-10-6-12-9(5-14-10)11(15)18-3/h5-6,8H,4,7H2,1-3H3,(H,13,14). The molecule has 18 heavy (non-hydrogen) atoms. The van der Waals surface area contributed by atoms with Crippen LogP contribution in [0.5, 0.6) is 0 Å². The van der Waals surface area contributed by atoms with Gasteiger partial charge in [-0.2, -0.15) is 0 Å². The van der Waals surface area contributed by atoms with Crippen molar-refractivity contribution in [2.24, 2.45) is 0 Å². The maximum atomic E-state index is 11.1. The third-order valence-corrected chi connectivity index (χ3v) is 2.24. The molecule has 0 saturated heterocycles. The Morgan fingerprint density at radius 3 is 2.61 bits per heavy atom. The number of nitrogens with one attached hydrogen (secondary N) is 1. The van der Waals surface area contributed by atoms with Crippen molar-refractivity contribution in [1.29, 1.82) is 0 Å². The highest BCUT2D eigenvalue weighted by molar-refractivity contribution is 5.86. The predicted octanol–water partition coefficient (Wildman–Crippen LogP) is 0.336. The molecule has 1 aromatic rings. The van der Waals surface area contributed by atoms with Gasteiger partial charge in [0, 0.05) is 20.8 Å². The first-order valence-corrected chi connectivity index (χ1v) is 5.37. The van der Waals surface area contributed by atoms with Crippen molar-refractivity contribution in [3.63, 3.8) is 0 Å². The fourth-order valence-corrected chi connectivity index (χ4v) is 1.24. The Labute approximate surface area is 105 Å². The van der Waals surface area contributed by atoms with E-state index in [1.165, 1.54) is 19.5 Å². The zero-order valence-corrected chi connectivity index (χ0v) is 10.7. The molecule has 7 heteroatoms. The van der Waals surface area contributed by atoms with Crippen LogP contribution in [-0.4, -0.2) is 56.5 Å². The summed E-state index contributed by atoms with van der Waals surface area (Å²) in [5.74, 6) is 0.0454. The van der Waals surface area contributed by atoms with Crippen molar-refractivity contribution < 1.29 is 19.0 Å². The Morgan fingerprint density at radius 2 is 2.11 bits per heavy atom. The molecule has 0 aliphatic heterocycles. The minimum absolute atomic E-state index is 0.0721. The Bertz CT molecular complexity index is 369. The van der Waals surface area contributed by atoms with Crippen LogP contribution in [-0.2, 0) is 14.2 Å². The molecule has 1 aromatic heterocycles. The molecule has 0 fully saturated rings. The van der Waals surface area contributed by atoms with Gasteiger partial charge < -0.3 is 19.5 Å². The number of hydrogen-bond donors (Lipinski definition) is 1. The number of anilines is 1. The Hall–Kier alpha value is -1.73. The van der Waals surface area contributed by atoms with E-state index in [9.17, 15) is 4.79 Å². The summed E-state index contributed by atoms with van der Waals surface area (Å²) < 4.78 is 14.7. The number of aromatic nitrogens is 2. The van der Waals surface area contributed by atoms with Gasteiger partial charge in [0.1, 0.15) is 5.82 Å². The van der Waals surface area contributed by atoms with E-state index in [4.69, 9.17) is 9.47 Å². The first-order valence-electron chi connectivity index (χ1n) is 5.37. The van der Waals surface area contributed by atoms with E-state index in [1.54, 1.807) is 14.2 Å².